The lowest BCUT2D eigenvalue weighted by atomic mass is 10.0. The molecule has 1 aliphatic rings. The number of aliphatic carboxylic acids is 1. The maximum Gasteiger partial charge on any atom is 0.336 e. The van der Waals surface area contributed by atoms with Crippen molar-refractivity contribution in [3.63, 3.8) is 0 Å². The van der Waals surface area contributed by atoms with Crippen LogP contribution in [0.2, 0.25) is 0 Å². The lowest BCUT2D eigenvalue weighted by Gasteiger charge is -2.25. The molecule has 7 heteroatoms. The van der Waals surface area contributed by atoms with Crippen molar-refractivity contribution in [3.05, 3.63) is 39.7 Å². The lowest BCUT2D eigenvalue weighted by molar-refractivity contribution is -0.150. The van der Waals surface area contributed by atoms with Gasteiger partial charge in [0.1, 0.15) is 17.4 Å². The molecule has 1 aromatic heterocycles. The van der Waals surface area contributed by atoms with Crippen molar-refractivity contribution in [2.24, 2.45) is 0 Å². The molecule has 144 valence electrons. The highest BCUT2D eigenvalue weighted by Crippen LogP contribution is 2.30. The maximum absolute atomic E-state index is 12.7. The van der Waals surface area contributed by atoms with Crippen LogP contribution in [-0.4, -0.2) is 40.6 Å². The average molecular weight is 373 g/mol. The van der Waals surface area contributed by atoms with E-state index in [4.69, 9.17) is 9.15 Å². The van der Waals surface area contributed by atoms with Crippen LogP contribution in [0.25, 0.3) is 11.0 Å². The van der Waals surface area contributed by atoms with Gasteiger partial charge < -0.3 is 19.2 Å². The molecule has 1 aromatic carbocycles. The van der Waals surface area contributed by atoms with Crippen LogP contribution in [0.1, 0.15) is 37.8 Å². The molecular formula is C20H23NO6. The average Bonchev–Trinajstić information content (AvgIpc) is 3.13. The molecule has 0 radical (unpaired) electrons. The molecule has 1 saturated heterocycles. The number of rotatable bonds is 5. The zero-order valence-electron chi connectivity index (χ0n) is 15.7. The summed E-state index contributed by atoms with van der Waals surface area (Å²) in [6, 6.07) is 4.24. The fraction of sp³-hybridized carbons (Fsp3) is 0.450. The molecule has 0 aliphatic carbocycles. The number of likely N-dealkylation sites (tertiary alicyclic amines) is 1. The number of carboxylic acids is 1. The first-order valence-corrected chi connectivity index (χ1v) is 9.09. The number of benzene rings is 1. The van der Waals surface area contributed by atoms with Gasteiger partial charge in [-0.2, -0.15) is 0 Å². The largest absolute Gasteiger partial charge is 0.480 e. The van der Waals surface area contributed by atoms with Crippen LogP contribution in [0.5, 0.6) is 5.75 Å². The van der Waals surface area contributed by atoms with Crippen molar-refractivity contribution in [1.82, 2.24) is 4.90 Å². The van der Waals surface area contributed by atoms with E-state index in [0.29, 0.717) is 42.7 Å². The number of hydrogen-bond donors (Lipinski definition) is 1. The Morgan fingerprint density at radius 3 is 2.81 bits per heavy atom. The van der Waals surface area contributed by atoms with Crippen LogP contribution in [0.4, 0.5) is 0 Å². The van der Waals surface area contributed by atoms with Gasteiger partial charge >= 0.3 is 11.6 Å². The number of aryl methyl sites for hydroxylation is 2. The molecule has 0 saturated carbocycles. The third kappa shape index (κ3) is 3.54. The van der Waals surface area contributed by atoms with E-state index in [0.717, 1.165) is 10.9 Å². The summed E-state index contributed by atoms with van der Waals surface area (Å²) < 4.78 is 11.2. The van der Waals surface area contributed by atoms with E-state index in [1.807, 2.05) is 13.0 Å². The minimum absolute atomic E-state index is 0.358. The smallest absolute Gasteiger partial charge is 0.336 e. The zero-order valence-corrected chi connectivity index (χ0v) is 15.7. The number of carboxylic acid groups (broad SMARTS) is 1. The summed E-state index contributed by atoms with van der Waals surface area (Å²) >= 11 is 0. The van der Waals surface area contributed by atoms with Gasteiger partial charge in [0.2, 0.25) is 0 Å². The van der Waals surface area contributed by atoms with Gasteiger partial charge in [0.05, 0.1) is 0 Å². The molecule has 1 aliphatic heterocycles. The van der Waals surface area contributed by atoms with Gasteiger partial charge in [0.25, 0.3) is 5.91 Å². The Balaban J connectivity index is 1.88. The highest BCUT2D eigenvalue weighted by Gasteiger charge is 2.36. The van der Waals surface area contributed by atoms with E-state index >= 15 is 0 Å². The first kappa shape index (κ1) is 18.9. The summed E-state index contributed by atoms with van der Waals surface area (Å²) in [5.41, 5.74) is 1.54. The van der Waals surface area contributed by atoms with E-state index in [9.17, 15) is 19.5 Å². The molecule has 1 fully saturated rings. The summed E-state index contributed by atoms with van der Waals surface area (Å²) in [6.45, 7) is 5.74. The molecule has 3 rings (SSSR count). The van der Waals surface area contributed by atoms with Crippen LogP contribution in [-0.2, 0) is 16.0 Å². The molecule has 27 heavy (non-hydrogen) atoms. The van der Waals surface area contributed by atoms with Crippen LogP contribution in [0.15, 0.2) is 27.4 Å². The molecule has 1 amide bonds. The molecule has 7 nitrogen and oxygen atoms in total. The van der Waals surface area contributed by atoms with Crippen molar-refractivity contribution in [3.8, 4) is 5.75 Å². The van der Waals surface area contributed by atoms with Gasteiger partial charge in [-0.1, -0.05) is 6.92 Å². The van der Waals surface area contributed by atoms with Gasteiger partial charge in [-0.05, 0) is 50.8 Å². The van der Waals surface area contributed by atoms with Crippen molar-refractivity contribution >= 4 is 22.8 Å². The lowest BCUT2D eigenvalue weighted by Crippen LogP contribution is -2.46. The minimum atomic E-state index is -0.996. The fourth-order valence-corrected chi connectivity index (χ4v) is 3.59. The first-order chi connectivity index (χ1) is 12.8. The molecule has 1 N–H and O–H groups in total. The van der Waals surface area contributed by atoms with E-state index < -0.39 is 23.7 Å². The highest BCUT2D eigenvalue weighted by molar-refractivity contribution is 5.88. The predicted octanol–water partition coefficient (Wildman–Crippen LogP) is 2.51. The molecule has 2 aromatic rings. The summed E-state index contributed by atoms with van der Waals surface area (Å²) in [4.78, 5) is 37.1. The number of amides is 1. The number of carbonyl (C=O) groups excluding carboxylic acids is 1. The number of fused-ring (bicyclic) bond motifs is 1. The Hall–Kier alpha value is -2.83. The Kier molecular flexibility index (Phi) is 5.21. The Morgan fingerprint density at radius 1 is 1.41 bits per heavy atom. The van der Waals surface area contributed by atoms with E-state index in [2.05, 4.69) is 0 Å². The SMILES string of the molecule is CCc1cc(=O)oc2c(C)c(OC(C)C(=O)N3CCC[C@@H]3C(=O)O)ccc12. The number of ether oxygens (including phenoxy) is 1. The third-order valence-corrected chi connectivity index (χ3v) is 5.05. The number of nitrogens with zero attached hydrogens (tertiary/aromatic N) is 1. The van der Waals surface area contributed by atoms with Gasteiger partial charge in [-0.3, -0.25) is 4.79 Å². The van der Waals surface area contributed by atoms with Gasteiger partial charge in [-0.15, -0.1) is 0 Å². The highest BCUT2D eigenvalue weighted by atomic mass is 16.5. The van der Waals surface area contributed by atoms with Crippen LogP contribution >= 0.6 is 0 Å². The standard InChI is InChI=1S/C20H23NO6/c1-4-13-10-17(22)27-18-11(2)16(8-7-14(13)18)26-12(3)19(23)21-9-5-6-15(21)20(24)25/h7-8,10,12,15H,4-6,9H2,1-3H3,(H,24,25)/t12?,15-/m1/s1. The second-order valence-corrected chi connectivity index (χ2v) is 6.80. The van der Waals surface area contributed by atoms with Crippen molar-refractivity contribution < 1.29 is 23.8 Å². The number of carbonyl (C=O) groups is 2. The predicted molar refractivity (Wildman–Crippen MR) is 99.1 cm³/mol. The van der Waals surface area contributed by atoms with Gasteiger partial charge in [-0.25, -0.2) is 9.59 Å². The quantitative estimate of drug-likeness (QED) is 0.809. The molecule has 0 bridgehead atoms. The topological polar surface area (TPSA) is 97.0 Å². The Bertz CT molecular complexity index is 947. The normalized spacial score (nSPS) is 17.9. The summed E-state index contributed by atoms with van der Waals surface area (Å²) in [5, 5.41) is 10.1. The first-order valence-electron chi connectivity index (χ1n) is 9.09. The molecule has 2 atom stereocenters. The minimum Gasteiger partial charge on any atom is -0.480 e. The summed E-state index contributed by atoms with van der Waals surface area (Å²) in [6.07, 6.45) is 0.966. The Labute approximate surface area is 156 Å². The summed E-state index contributed by atoms with van der Waals surface area (Å²) in [7, 11) is 0. The van der Waals surface area contributed by atoms with E-state index in [-0.39, 0.29) is 5.91 Å². The second kappa shape index (κ2) is 7.42. The van der Waals surface area contributed by atoms with Crippen LogP contribution in [0.3, 0.4) is 0 Å². The van der Waals surface area contributed by atoms with Gasteiger partial charge in [0, 0.05) is 23.6 Å². The second-order valence-electron chi connectivity index (χ2n) is 6.80. The molecule has 0 spiro atoms. The van der Waals surface area contributed by atoms with E-state index in [1.54, 1.807) is 19.9 Å². The zero-order chi connectivity index (χ0) is 19.7. The monoisotopic (exact) mass is 373 g/mol. The fourth-order valence-electron chi connectivity index (χ4n) is 3.59. The van der Waals surface area contributed by atoms with E-state index in [1.165, 1.54) is 11.0 Å². The molecule has 1 unspecified atom stereocenters. The molecule has 2 heterocycles. The van der Waals surface area contributed by atoms with Crippen molar-refractivity contribution in [2.75, 3.05) is 6.54 Å². The number of hydrogen-bond acceptors (Lipinski definition) is 5. The van der Waals surface area contributed by atoms with Crippen LogP contribution in [0, 0.1) is 6.92 Å². The van der Waals surface area contributed by atoms with Crippen LogP contribution < -0.4 is 10.4 Å². The Morgan fingerprint density at radius 2 is 2.15 bits per heavy atom. The van der Waals surface area contributed by atoms with Crippen molar-refractivity contribution in [2.45, 2.75) is 52.2 Å². The molecular weight excluding hydrogens is 350 g/mol. The van der Waals surface area contributed by atoms with Crippen molar-refractivity contribution in [1.29, 1.82) is 0 Å². The summed E-state index contributed by atoms with van der Waals surface area (Å²) in [5.74, 6) is -0.919. The van der Waals surface area contributed by atoms with Gasteiger partial charge in [0.15, 0.2) is 6.10 Å². The third-order valence-electron chi connectivity index (χ3n) is 5.05. The maximum atomic E-state index is 12.7.